The third kappa shape index (κ3) is 1.99. The molecule has 0 amide bonds. The van der Waals surface area contributed by atoms with Gasteiger partial charge in [-0.2, -0.15) is 0 Å². The Morgan fingerprint density at radius 2 is 1.69 bits per heavy atom. The molecule has 0 bridgehead atoms. The van der Waals surface area contributed by atoms with Crippen LogP contribution in [0.4, 0.5) is 11.4 Å². The van der Waals surface area contributed by atoms with E-state index in [0.29, 0.717) is 0 Å². The van der Waals surface area contributed by atoms with Crippen molar-refractivity contribution >= 4 is 11.4 Å². The zero-order valence-electron chi connectivity index (χ0n) is 7.87. The zero-order chi connectivity index (χ0) is 9.10. The molecule has 0 aliphatic carbocycles. The minimum atomic E-state index is 1.09. The maximum Gasteiger partial charge on any atom is 0.128 e. The Bertz CT molecular complexity index is 262. The molecule has 0 radical (unpaired) electrons. The van der Waals surface area contributed by atoms with Gasteiger partial charge < -0.3 is 16.0 Å². The lowest BCUT2D eigenvalue weighted by Gasteiger charge is -2.27. The van der Waals surface area contributed by atoms with Gasteiger partial charge in [0.15, 0.2) is 0 Å². The number of hydrogen-bond acceptors (Lipinski definition) is 1. The monoisotopic (exact) mass is 179 g/mol. The summed E-state index contributed by atoms with van der Waals surface area (Å²) >= 11 is 0. The van der Waals surface area contributed by atoms with Crippen molar-refractivity contribution in [3.05, 3.63) is 24.3 Å². The van der Waals surface area contributed by atoms with Crippen LogP contribution < -0.4 is 16.0 Å². The van der Waals surface area contributed by atoms with Gasteiger partial charge in [0.25, 0.3) is 0 Å². The number of nitrogens with zero attached hydrogens (tertiary/aromatic N) is 1. The van der Waals surface area contributed by atoms with Crippen LogP contribution in [0.1, 0.15) is 0 Å². The highest BCUT2D eigenvalue weighted by atomic mass is 15.2. The maximum atomic E-state index is 3.88. The zero-order valence-corrected chi connectivity index (χ0v) is 7.87. The largest absolute Gasteiger partial charge is 0.360 e. The third-order valence-electron chi connectivity index (χ3n) is 2.51. The SMILES string of the molecule is [NH3+]c1ccc(N2CC[NH2+]CC2)cc1. The van der Waals surface area contributed by atoms with E-state index in [9.17, 15) is 0 Å². The van der Waals surface area contributed by atoms with Gasteiger partial charge in [0, 0.05) is 17.8 Å². The van der Waals surface area contributed by atoms with Crippen LogP contribution in [0.3, 0.4) is 0 Å². The fourth-order valence-corrected chi connectivity index (χ4v) is 1.72. The highest BCUT2D eigenvalue weighted by Gasteiger charge is 2.11. The fraction of sp³-hybridized carbons (Fsp3) is 0.400. The van der Waals surface area contributed by atoms with Crippen LogP contribution in [-0.4, -0.2) is 26.2 Å². The summed E-state index contributed by atoms with van der Waals surface area (Å²) in [6.45, 7) is 4.76. The minimum Gasteiger partial charge on any atom is -0.360 e. The van der Waals surface area contributed by atoms with Gasteiger partial charge in [0.1, 0.15) is 5.69 Å². The van der Waals surface area contributed by atoms with Crippen molar-refractivity contribution < 1.29 is 11.1 Å². The smallest absolute Gasteiger partial charge is 0.128 e. The first-order chi connectivity index (χ1) is 6.36. The number of rotatable bonds is 1. The molecule has 0 saturated carbocycles. The van der Waals surface area contributed by atoms with Crippen molar-refractivity contribution in [3.8, 4) is 0 Å². The van der Waals surface area contributed by atoms with Gasteiger partial charge in [-0.15, -0.1) is 0 Å². The molecule has 0 unspecified atom stereocenters. The number of benzene rings is 1. The van der Waals surface area contributed by atoms with E-state index < -0.39 is 0 Å². The predicted molar refractivity (Wildman–Crippen MR) is 52.9 cm³/mol. The highest BCUT2D eigenvalue weighted by Crippen LogP contribution is 2.14. The van der Waals surface area contributed by atoms with Crippen LogP contribution in [0.15, 0.2) is 24.3 Å². The van der Waals surface area contributed by atoms with Gasteiger partial charge in [-0.05, 0) is 12.1 Å². The molecule has 2 rings (SSSR count). The average molecular weight is 179 g/mol. The summed E-state index contributed by atoms with van der Waals surface area (Å²) in [5.41, 5.74) is 6.31. The molecule has 1 aromatic rings. The summed E-state index contributed by atoms with van der Waals surface area (Å²) in [4.78, 5) is 2.43. The quantitative estimate of drug-likeness (QED) is 0.567. The van der Waals surface area contributed by atoms with Crippen LogP contribution in [0.2, 0.25) is 0 Å². The van der Waals surface area contributed by atoms with Crippen LogP contribution in [0, 0.1) is 0 Å². The number of nitrogens with two attached hydrogens (primary N) is 1. The van der Waals surface area contributed by atoms with Crippen LogP contribution in [-0.2, 0) is 0 Å². The fourth-order valence-electron chi connectivity index (χ4n) is 1.72. The van der Waals surface area contributed by atoms with Gasteiger partial charge >= 0.3 is 0 Å². The lowest BCUT2D eigenvalue weighted by molar-refractivity contribution is -0.655. The van der Waals surface area contributed by atoms with Crippen molar-refractivity contribution in [1.29, 1.82) is 0 Å². The van der Waals surface area contributed by atoms with Gasteiger partial charge in [-0.25, -0.2) is 0 Å². The summed E-state index contributed by atoms with van der Waals surface area (Å²) in [6, 6.07) is 8.47. The standard InChI is InChI=1S/C10H15N3/c11-9-1-3-10(4-2-9)13-7-5-12-6-8-13/h1-4,12H,5-8,11H2/p+2. The Labute approximate surface area is 78.5 Å². The van der Waals surface area contributed by atoms with E-state index in [-0.39, 0.29) is 0 Å². The Kier molecular flexibility index (Phi) is 2.47. The van der Waals surface area contributed by atoms with E-state index in [1.54, 1.807) is 0 Å². The number of piperazine rings is 1. The van der Waals surface area contributed by atoms with Crippen molar-refractivity contribution in [2.75, 3.05) is 31.1 Å². The summed E-state index contributed by atoms with van der Waals surface area (Å²) in [5, 5.41) is 2.37. The molecule has 0 spiro atoms. The molecular formula is C10H17N3+2. The van der Waals surface area contributed by atoms with Crippen molar-refractivity contribution in [1.82, 2.24) is 0 Å². The second-order valence-electron chi connectivity index (χ2n) is 3.52. The predicted octanol–water partition coefficient (Wildman–Crippen LogP) is -1.06. The topological polar surface area (TPSA) is 47.5 Å². The van der Waals surface area contributed by atoms with E-state index in [1.807, 2.05) is 0 Å². The Morgan fingerprint density at radius 3 is 2.31 bits per heavy atom. The van der Waals surface area contributed by atoms with Gasteiger partial charge in [0.2, 0.25) is 0 Å². The van der Waals surface area contributed by atoms with E-state index >= 15 is 0 Å². The molecule has 70 valence electrons. The molecule has 1 aromatic carbocycles. The normalized spacial score (nSPS) is 17.5. The van der Waals surface area contributed by atoms with Crippen LogP contribution in [0.5, 0.6) is 0 Å². The van der Waals surface area contributed by atoms with Gasteiger partial charge in [-0.3, -0.25) is 0 Å². The summed E-state index contributed by atoms with van der Waals surface area (Å²) < 4.78 is 0. The first-order valence-electron chi connectivity index (χ1n) is 4.85. The minimum absolute atomic E-state index is 1.09. The Hall–Kier alpha value is -1.06. The lowest BCUT2D eigenvalue weighted by Crippen LogP contribution is -2.89. The Morgan fingerprint density at radius 1 is 1.08 bits per heavy atom. The second kappa shape index (κ2) is 3.77. The molecule has 3 heteroatoms. The van der Waals surface area contributed by atoms with E-state index in [4.69, 9.17) is 0 Å². The maximum absolute atomic E-state index is 3.88. The molecular weight excluding hydrogens is 162 g/mol. The highest BCUT2D eigenvalue weighted by molar-refractivity contribution is 5.50. The molecule has 5 N–H and O–H groups in total. The van der Waals surface area contributed by atoms with Crippen molar-refractivity contribution in [2.45, 2.75) is 0 Å². The van der Waals surface area contributed by atoms with Gasteiger partial charge in [-0.1, -0.05) is 0 Å². The number of hydrogen-bond donors (Lipinski definition) is 2. The summed E-state index contributed by atoms with van der Waals surface area (Å²) in [6.07, 6.45) is 0. The average Bonchev–Trinajstić information content (AvgIpc) is 2.20. The molecule has 3 nitrogen and oxygen atoms in total. The molecule has 1 saturated heterocycles. The van der Waals surface area contributed by atoms with E-state index in [2.05, 4.69) is 40.2 Å². The third-order valence-corrected chi connectivity index (χ3v) is 2.51. The molecule has 1 aliphatic rings. The van der Waals surface area contributed by atoms with E-state index in [1.165, 1.54) is 18.8 Å². The van der Waals surface area contributed by atoms with Crippen LogP contribution in [0.25, 0.3) is 0 Å². The number of anilines is 1. The second-order valence-corrected chi connectivity index (χ2v) is 3.52. The van der Waals surface area contributed by atoms with Crippen molar-refractivity contribution in [3.63, 3.8) is 0 Å². The van der Waals surface area contributed by atoms with E-state index in [0.717, 1.165) is 18.8 Å². The first kappa shape index (κ1) is 8.53. The molecule has 0 atom stereocenters. The van der Waals surface area contributed by atoms with Gasteiger partial charge in [0.05, 0.1) is 26.2 Å². The van der Waals surface area contributed by atoms with Crippen LogP contribution >= 0.6 is 0 Å². The summed E-state index contributed by atoms with van der Waals surface area (Å²) in [5.74, 6) is 0. The van der Waals surface area contributed by atoms with Crippen molar-refractivity contribution in [2.24, 2.45) is 0 Å². The first-order valence-corrected chi connectivity index (χ1v) is 4.85. The Balaban J connectivity index is 2.10. The molecule has 1 heterocycles. The number of quaternary nitrogens is 2. The summed E-state index contributed by atoms with van der Waals surface area (Å²) in [7, 11) is 0. The molecule has 13 heavy (non-hydrogen) atoms. The lowest BCUT2D eigenvalue weighted by atomic mass is 10.2. The molecule has 1 aliphatic heterocycles. The molecule has 1 fully saturated rings. The molecule has 0 aromatic heterocycles.